The number of rotatable bonds is 6. The first-order valence-corrected chi connectivity index (χ1v) is 11.3. The summed E-state index contributed by atoms with van der Waals surface area (Å²) in [5, 5.41) is 16.2. The molecule has 0 aliphatic rings. The highest BCUT2D eigenvalue weighted by atomic mass is 32.2. The lowest BCUT2D eigenvalue weighted by atomic mass is 9.99. The number of aryl methyl sites for hydroxylation is 1. The third kappa shape index (κ3) is 4.38. The molecular formula is C22H21N5O2S. The molecule has 0 saturated carbocycles. The van der Waals surface area contributed by atoms with Crippen LogP contribution in [0.5, 0.6) is 0 Å². The molecule has 2 aromatic carbocycles. The van der Waals surface area contributed by atoms with Crippen LogP contribution in [0.1, 0.15) is 22.9 Å². The first kappa shape index (κ1) is 19.8. The first-order chi connectivity index (χ1) is 14.4. The van der Waals surface area contributed by atoms with Crippen molar-refractivity contribution in [2.45, 2.75) is 17.9 Å². The molecule has 8 heteroatoms. The lowest BCUT2D eigenvalue weighted by Gasteiger charge is -2.21. The number of hydrogen-bond donors (Lipinski definition) is 1. The van der Waals surface area contributed by atoms with Gasteiger partial charge in [0.25, 0.3) is 0 Å². The van der Waals surface area contributed by atoms with Crippen LogP contribution < -0.4 is 5.32 Å². The number of hydrogen-bond acceptors (Lipinski definition) is 6. The van der Waals surface area contributed by atoms with Crippen molar-refractivity contribution in [3.8, 4) is 5.82 Å². The standard InChI is InChI=1S/C22H21N5O2S/c1-16-13-14-27(26-16)21-12-11-20(24-25-21)23-22(17-7-4-3-5-8-17)18-9-6-10-19(15-18)30(2,28)29/h3-15,22H,1-2H3,(H,23,24). The predicted molar refractivity (Wildman–Crippen MR) is 115 cm³/mol. The van der Waals surface area contributed by atoms with Gasteiger partial charge in [0.1, 0.15) is 5.82 Å². The Kier molecular flexibility index (Phi) is 5.33. The molecule has 2 heterocycles. The second kappa shape index (κ2) is 8.08. The summed E-state index contributed by atoms with van der Waals surface area (Å²) in [5.74, 6) is 1.19. The van der Waals surface area contributed by atoms with Crippen LogP contribution in [0.2, 0.25) is 0 Å². The monoisotopic (exact) mass is 419 g/mol. The van der Waals surface area contributed by atoms with E-state index in [1.165, 1.54) is 6.26 Å². The number of nitrogens with zero attached hydrogens (tertiary/aromatic N) is 4. The normalized spacial score (nSPS) is 12.5. The third-order valence-corrected chi connectivity index (χ3v) is 5.76. The maximum atomic E-state index is 12.0. The zero-order valence-electron chi connectivity index (χ0n) is 16.6. The molecule has 0 fully saturated rings. The van der Waals surface area contributed by atoms with Crippen molar-refractivity contribution in [2.24, 2.45) is 0 Å². The average molecular weight is 420 g/mol. The maximum absolute atomic E-state index is 12.0. The van der Waals surface area contributed by atoms with Crippen molar-refractivity contribution < 1.29 is 8.42 Å². The van der Waals surface area contributed by atoms with E-state index in [2.05, 4.69) is 20.6 Å². The van der Waals surface area contributed by atoms with E-state index in [0.29, 0.717) is 11.6 Å². The highest BCUT2D eigenvalue weighted by Crippen LogP contribution is 2.27. The summed E-state index contributed by atoms with van der Waals surface area (Å²) in [7, 11) is -3.31. The highest BCUT2D eigenvalue weighted by molar-refractivity contribution is 7.90. The van der Waals surface area contributed by atoms with Crippen LogP contribution in [0.25, 0.3) is 5.82 Å². The van der Waals surface area contributed by atoms with E-state index in [0.717, 1.165) is 16.8 Å². The predicted octanol–water partition coefficient (Wildman–Crippen LogP) is 3.58. The minimum absolute atomic E-state index is 0.276. The quantitative estimate of drug-likeness (QED) is 0.514. The Hall–Kier alpha value is -3.52. The van der Waals surface area contributed by atoms with Crippen LogP contribution in [-0.2, 0) is 9.84 Å². The molecule has 1 unspecified atom stereocenters. The highest BCUT2D eigenvalue weighted by Gasteiger charge is 2.17. The summed E-state index contributed by atoms with van der Waals surface area (Å²) in [4.78, 5) is 0.276. The number of nitrogens with one attached hydrogen (secondary N) is 1. The van der Waals surface area contributed by atoms with Gasteiger partial charge in [-0.15, -0.1) is 10.2 Å². The molecule has 7 nitrogen and oxygen atoms in total. The van der Waals surface area contributed by atoms with Crippen molar-refractivity contribution in [3.05, 3.63) is 95.8 Å². The lowest BCUT2D eigenvalue weighted by Crippen LogP contribution is -2.14. The molecule has 0 aliphatic carbocycles. The van der Waals surface area contributed by atoms with Crippen LogP contribution in [-0.4, -0.2) is 34.7 Å². The van der Waals surface area contributed by atoms with E-state index in [1.807, 2.05) is 67.7 Å². The molecule has 0 spiro atoms. The zero-order valence-corrected chi connectivity index (χ0v) is 17.4. The smallest absolute Gasteiger partial charge is 0.175 e. The van der Waals surface area contributed by atoms with Crippen LogP contribution in [0.15, 0.2) is 83.9 Å². The van der Waals surface area contributed by atoms with Gasteiger partial charge in [0.2, 0.25) is 0 Å². The average Bonchev–Trinajstić information content (AvgIpc) is 3.19. The lowest BCUT2D eigenvalue weighted by molar-refractivity contribution is 0.601. The van der Waals surface area contributed by atoms with E-state index in [4.69, 9.17) is 0 Å². The molecule has 152 valence electrons. The first-order valence-electron chi connectivity index (χ1n) is 9.38. The number of benzene rings is 2. The summed E-state index contributed by atoms with van der Waals surface area (Å²) in [6.07, 6.45) is 3.04. The van der Waals surface area contributed by atoms with Gasteiger partial charge in [0.05, 0.1) is 16.6 Å². The number of aromatic nitrogens is 4. The number of sulfone groups is 1. The fourth-order valence-corrected chi connectivity index (χ4v) is 3.82. The minimum Gasteiger partial charge on any atom is -0.358 e. The van der Waals surface area contributed by atoms with E-state index in [1.54, 1.807) is 22.9 Å². The van der Waals surface area contributed by atoms with Crippen LogP contribution in [0, 0.1) is 6.92 Å². The van der Waals surface area contributed by atoms with Crippen molar-refractivity contribution in [1.82, 2.24) is 20.0 Å². The molecule has 0 amide bonds. The number of anilines is 1. The van der Waals surface area contributed by atoms with E-state index < -0.39 is 9.84 Å². The Morgan fingerprint density at radius 2 is 1.67 bits per heavy atom. The maximum Gasteiger partial charge on any atom is 0.175 e. The molecule has 2 aromatic heterocycles. The second-order valence-electron chi connectivity index (χ2n) is 7.01. The fraction of sp³-hybridized carbons (Fsp3) is 0.136. The van der Waals surface area contributed by atoms with Crippen molar-refractivity contribution in [3.63, 3.8) is 0 Å². The van der Waals surface area contributed by atoms with E-state index in [-0.39, 0.29) is 10.9 Å². The summed E-state index contributed by atoms with van der Waals surface area (Å²) in [5.41, 5.74) is 2.70. The Morgan fingerprint density at radius 1 is 0.900 bits per heavy atom. The summed E-state index contributed by atoms with van der Waals surface area (Å²) in [6, 6.07) is 22.0. The minimum atomic E-state index is -3.31. The molecule has 4 rings (SSSR count). The Morgan fingerprint density at radius 3 is 2.30 bits per heavy atom. The summed E-state index contributed by atoms with van der Waals surface area (Å²) < 4.78 is 25.7. The Labute approximate surface area is 175 Å². The van der Waals surface area contributed by atoms with Crippen LogP contribution >= 0.6 is 0 Å². The van der Waals surface area contributed by atoms with Crippen molar-refractivity contribution >= 4 is 15.7 Å². The molecule has 1 atom stereocenters. The van der Waals surface area contributed by atoms with E-state index >= 15 is 0 Å². The molecule has 0 aliphatic heterocycles. The topological polar surface area (TPSA) is 89.8 Å². The summed E-state index contributed by atoms with van der Waals surface area (Å²) in [6.45, 7) is 1.91. The molecule has 4 aromatic rings. The van der Waals surface area contributed by atoms with Crippen LogP contribution in [0.3, 0.4) is 0 Å². The van der Waals surface area contributed by atoms with Gasteiger partial charge in [-0.05, 0) is 48.4 Å². The zero-order chi connectivity index (χ0) is 21.1. The molecule has 0 radical (unpaired) electrons. The van der Waals surface area contributed by atoms with Crippen molar-refractivity contribution in [2.75, 3.05) is 11.6 Å². The molecule has 1 N–H and O–H groups in total. The van der Waals surface area contributed by atoms with E-state index in [9.17, 15) is 8.42 Å². The molecule has 0 bridgehead atoms. The Balaban J connectivity index is 1.68. The van der Waals surface area contributed by atoms with Gasteiger partial charge < -0.3 is 5.32 Å². The van der Waals surface area contributed by atoms with Gasteiger partial charge in [-0.3, -0.25) is 0 Å². The Bertz CT molecular complexity index is 1250. The van der Waals surface area contributed by atoms with Gasteiger partial charge in [-0.1, -0.05) is 42.5 Å². The fourth-order valence-electron chi connectivity index (χ4n) is 3.14. The molecule has 0 saturated heterocycles. The van der Waals surface area contributed by atoms with Gasteiger partial charge in [0.15, 0.2) is 15.7 Å². The second-order valence-corrected chi connectivity index (χ2v) is 9.03. The largest absolute Gasteiger partial charge is 0.358 e. The third-order valence-electron chi connectivity index (χ3n) is 4.65. The molecule has 30 heavy (non-hydrogen) atoms. The molecular weight excluding hydrogens is 398 g/mol. The van der Waals surface area contributed by atoms with Crippen LogP contribution in [0.4, 0.5) is 5.82 Å². The summed E-state index contributed by atoms with van der Waals surface area (Å²) >= 11 is 0. The van der Waals surface area contributed by atoms with Gasteiger partial charge in [-0.25, -0.2) is 13.1 Å². The van der Waals surface area contributed by atoms with Gasteiger partial charge in [-0.2, -0.15) is 5.10 Å². The van der Waals surface area contributed by atoms with Crippen molar-refractivity contribution in [1.29, 1.82) is 0 Å². The van der Waals surface area contributed by atoms with Gasteiger partial charge in [0, 0.05) is 12.5 Å². The van der Waals surface area contributed by atoms with Gasteiger partial charge >= 0.3 is 0 Å². The SMILES string of the molecule is Cc1ccn(-c2ccc(NC(c3ccccc3)c3cccc(S(C)(=O)=O)c3)nn2)n1.